The molecule has 2 heterocycles. The lowest BCUT2D eigenvalue weighted by molar-refractivity contribution is -0.131. The van der Waals surface area contributed by atoms with Gasteiger partial charge in [0.05, 0.1) is 13.2 Å². The number of carbonyl (C=O) groups is 2. The summed E-state index contributed by atoms with van der Waals surface area (Å²) >= 11 is 0. The van der Waals surface area contributed by atoms with Crippen molar-refractivity contribution in [1.82, 2.24) is 25.4 Å². The second-order valence-electron chi connectivity index (χ2n) is 5.21. The molecule has 0 spiro atoms. The number of aryl methyl sites for hydroxylation is 1. The van der Waals surface area contributed by atoms with E-state index in [9.17, 15) is 9.59 Å². The minimum atomic E-state index is -0.641. The summed E-state index contributed by atoms with van der Waals surface area (Å²) in [5.74, 6) is 0.174. The Balaban J connectivity index is 2.14. The van der Waals surface area contributed by atoms with Crippen molar-refractivity contribution >= 4 is 11.8 Å². The number of rotatable bonds is 4. The standard InChI is InChI=1S/C13H21N5O3/c1-4-10-15-11(17-16-10)13(20)18-5-6-21-7-9(18)12(19)14-8(2)3/h8-9H,4-7H2,1-3H3,(H,14,19)(H,15,16,17). The zero-order chi connectivity index (χ0) is 15.4. The Kier molecular flexibility index (Phi) is 4.89. The molecular weight excluding hydrogens is 274 g/mol. The number of nitrogens with one attached hydrogen (secondary N) is 2. The Morgan fingerprint density at radius 1 is 1.52 bits per heavy atom. The average molecular weight is 295 g/mol. The number of hydrogen-bond acceptors (Lipinski definition) is 5. The van der Waals surface area contributed by atoms with Crippen molar-refractivity contribution < 1.29 is 14.3 Å². The van der Waals surface area contributed by atoms with Gasteiger partial charge in [-0.2, -0.15) is 0 Å². The first kappa shape index (κ1) is 15.4. The summed E-state index contributed by atoms with van der Waals surface area (Å²) in [6, 6.07) is -0.635. The summed E-state index contributed by atoms with van der Waals surface area (Å²) in [4.78, 5) is 30.3. The molecule has 1 aromatic rings. The molecule has 116 valence electrons. The molecule has 0 bridgehead atoms. The van der Waals surface area contributed by atoms with Crippen LogP contribution in [-0.4, -0.2) is 63.7 Å². The van der Waals surface area contributed by atoms with E-state index in [1.54, 1.807) is 0 Å². The molecule has 1 aromatic heterocycles. The summed E-state index contributed by atoms with van der Waals surface area (Å²) in [7, 11) is 0. The maximum atomic E-state index is 12.5. The Hall–Kier alpha value is -1.96. The van der Waals surface area contributed by atoms with E-state index in [1.165, 1.54) is 4.90 Å². The highest BCUT2D eigenvalue weighted by molar-refractivity contribution is 5.95. The SMILES string of the molecule is CCc1nc(C(=O)N2CCOCC2C(=O)NC(C)C)n[nH]1. The van der Waals surface area contributed by atoms with Crippen LogP contribution in [0.5, 0.6) is 0 Å². The normalized spacial score (nSPS) is 18.9. The van der Waals surface area contributed by atoms with Crippen molar-refractivity contribution in [1.29, 1.82) is 0 Å². The molecule has 0 aromatic carbocycles. The molecule has 8 nitrogen and oxygen atoms in total. The molecule has 8 heteroatoms. The van der Waals surface area contributed by atoms with Gasteiger partial charge in [-0.05, 0) is 13.8 Å². The summed E-state index contributed by atoms with van der Waals surface area (Å²) in [5.41, 5.74) is 0. The summed E-state index contributed by atoms with van der Waals surface area (Å²) in [6.45, 7) is 6.61. The Morgan fingerprint density at radius 2 is 2.29 bits per heavy atom. The van der Waals surface area contributed by atoms with Crippen LogP contribution in [0.1, 0.15) is 37.2 Å². The van der Waals surface area contributed by atoms with Gasteiger partial charge < -0.3 is 15.0 Å². The molecule has 2 N–H and O–H groups in total. The van der Waals surface area contributed by atoms with Crippen molar-refractivity contribution in [2.24, 2.45) is 0 Å². The number of ether oxygens (including phenoxy) is 1. The van der Waals surface area contributed by atoms with Crippen LogP contribution in [0.2, 0.25) is 0 Å². The van der Waals surface area contributed by atoms with Crippen LogP contribution >= 0.6 is 0 Å². The average Bonchev–Trinajstić information content (AvgIpc) is 2.94. The van der Waals surface area contributed by atoms with Crippen molar-refractivity contribution in [2.75, 3.05) is 19.8 Å². The Labute approximate surface area is 123 Å². The van der Waals surface area contributed by atoms with E-state index < -0.39 is 6.04 Å². The van der Waals surface area contributed by atoms with E-state index in [2.05, 4.69) is 20.5 Å². The minimum Gasteiger partial charge on any atom is -0.377 e. The Bertz CT molecular complexity index is 514. The smallest absolute Gasteiger partial charge is 0.294 e. The first-order valence-electron chi connectivity index (χ1n) is 7.13. The lowest BCUT2D eigenvalue weighted by Gasteiger charge is -2.34. The fourth-order valence-corrected chi connectivity index (χ4v) is 2.12. The molecule has 1 saturated heterocycles. The molecule has 2 rings (SSSR count). The zero-order valence-corrected chi connectivity index (χ0v) is 12.5. The van der Waals surface area contributed by atoms with E-state index in [4.69, 9.17) is 4.74 Å². The first-order valence-corrected chi connectivity index (χ1v) is 7.13. The molecule has 1 fully saturated rings. The number of amides is 2. The van der Waals surface area contributed by atoms with Crippen molar-refractivity contribution in [3.8, 4) is 0 Å². The predicted molar refractivity (Wildman–Crippen MR) is 74.7 cm³/mol. The van der Waals surface area contributed by atoms with Crippen LogP contribution in [0.25, 0.3) is 0 Å². The van der Waals surface area contributed by atoms with Crippen LogP contribution in [0.4, 0.5) is 0 Å². The van der Waals surface area contributed by atoms with Crippen molar-refractivity contribution in [3.05, 3.63) is 11.6 Å². The number of morpholine rings is 1. The second-order valence-corrected chi connectivity index (χ2v) is 5.21. The number of aromatic nitrogens is 3. The van der Waals surface area contributed by atoms with E-state index in [1.807, 2.05) is 20.8 Å². The molecule has 1 atom stereocenters. The number of aromatic amines is 1. The second kappa shape index (κ2) is 6.66. The quantitative estimate of drug-likeness (QED) is 0.796. The molecule has 1 unspecified atom stereocenters. The van der Waals surface area contributed by atoms with Crippen LogP contribution in [-0.2, 0) is 16.0 Å². The summed E-state index contributed by atoms with van der Waals surface area (Å²) in [6.07, 6.45) is 0.667. The molecule has 21 heavy (non-hydrogen) atoms. The van der Waals surface area contributed by atoms with Gasteiger partial charge in [-0.1, -0.05) is 6.92 Å². The molecule has 0 radical (unpaired) electrons. The van der Waals surface area contributed by atoms with Gasteiger partial charge in [0.1, 0.15) is 11.9 Å². The number of nitrogens with zero attached hydrogens (tertiary/aromatic N) is 3. The van der Waals surface area contributed by atoms with Gasteiger partial charge >= 0.3 is 0 Å². The fraction of sp³-hybridized carbons (Fsp3) is 0.692. The van der Waals surface area contributed by atoms with Gasteiger partial charge in [0.25, 0.3) is 5.91 Å². The maximum absolute atomic E-state index is 12.5. The number of H-pyrrole nitrogens is 1. The third kappa shape index (κ3) is 3.57. The van der Waals surface area contributed by atoms with Gasteiger partial charge in [0.2, 0.25) is 11.7 Å². The van der Waals surface area contributed by atoms with E-state index in [0.717, 1.165) is 0 Å². The lowest BCUT2D eigenvalue weighted by atomic mass is 10.2. The minimum absolute atomic E-state index is 0.00609. The lowest BCUT2D eigenvalue weighted by Crippen LogP contribution is -2.56. The van der Waals surface area contributed by atoms with Crippen molar-refractivity contribution in [2.45, 2.75) is 39.3 Å². The molecule has 0 saturated carbocycles. The van der Waals surface area contributed by atoms with Gasteiger partial charge in [0.15, 0.2) is 0 Å². The van der Waals surface area contributed by atoms with Crippen LogP contribution in [0.3, 0.4) is 0 Å². The van der Waals surface area contributed by atoms with Gasteiger partial charge in [0, 0.05) is 19.0 Å². The maximum Gasteiger partial charge on any atom is 0.294 e. The topological polar surface area (TPSA) is 100 Å². The third-order valence-corrected chi connectivity index (χ3v) is 3.18. The van der Waals surface area contributed by atoms with Crippen LogP contribution in [0, 0.1) is 0 Å². The molecule has 0 aliphatic carbocycles. The predicted octanol–water partition coefficient (Wildman–Crippen LogP) is -0.267. The van der Waals surface area contributed by atoms with Crippen molar-refractivity contribution in [3.63, 3.8) is 0 Å². The first-order chi connectivity index (χ1) is 10.0. The molecule has 2 amide bonds. The summed E-state index contributed by atoms with van der Waals surface area (Å²) < 4.78 is 5.32. The largest absolute Gasteiger partial charge is 0.377 e. The monoisotopic (exact) mass is 295 g/mol. The fourth-order valence-electron chi connectivity index (χ4n) is 2.12. The summed E-state index contributed by atoms with van der Waals surface area (Å²) in [5, 5.41) is 9.43. The zero-order valence-electron chi connectivity index (χ0n) is 12.5. The van der Waals surface area contributed by atoms with Gasteiger partial charge in [-0.3, -0.25) is 14.7 Å². The van der Waals surface area contributed by atoms with Gasteiger partial charge in [-0.15, -0.1) is 5.10 Å². The van der Waals surface area contributed by atoms with E-state index >= 15 is 0 Å². The highest BCUT2D eigenvalue weighted by atomic mass is 16.5. The van der Waals surface area contributed by atoms with Crippen LogP contribution < -0.4 is 5.32 Å². The van der Waals surface area contributed by atoms with E-state index in [0.29, 0.717) is 25.4 Å². The van der Waals surface area contributed by atoms with E-state index in [-0.39, 0.29) is 30.3 Å². The third-order valence-electron chi connectivity index (χ3n) is 3.18. The molecule has 1 aliphatic heterocycles. The Morgan fingerprint density at radius 3 is 2.90 bits per heavy atom. The van der Waals surface area contributed by atoms with Gasteiger partial charge in [-0.25, -0.2) is 4.98 Å². The van der Waals surface area contributed by atoms with Crippen LogP contribution in [0.15, 0.2) is 0 Å². The molecular formula is C13H21N5O3. The molecule has 1 aliphatic rings. The highest BCUT2D eigenvalue weighted by Gasteiger charge is 2.35. The highest BCUT2D eigenvalue weighted by Crippen LogP contribution is 2.11. The number of hydrogen-bond donors (Lipinski definition) is 2. The number of carbonyl (C=O) groups excluding carboxylic acids is 2.